The first-order valence-electron chi connectivity index (χ1n) is 8.65. The molecular formula is C18H22N4O4. The number of urea groups is 1. The van der Waals surface area contributed by atoms with Crippen molar-refractivity contribution in [3.63, 3.8) is 0 Å². The highest BCUT2D eigenvalue weighted by Crippen LogP contribution is 2.24. The SMILES string of the molecule is CC1CCN(c2ccc(NC(=O)CN3C(=O)C(=O)N(C)C3=O)cc2)CC1. The van der Waals surface area contributed by atoms with E-state index in [0.717, 1.165) is 24.7 Å². The predicted octanol–water partition coefficient (Wildman–Crippen LogP) is 1.28. The standard InChI is InChI=1S/C18H22N4O4/c1-12-7-9-21(10-8-12)14-5-3-13(4-6-14)19-15(23)11-22-17(25)16(24)20(2)18(22)26/h3-6,12H,7-11H2,1-2H3,(H,19,23). The van der Waals surface area contributed by atoms with E-state index in [0.29, 0.717) is 15.5 Å². The summed E-state index contributed by atoms with van der Waals surface area (Å²) in [5.74, 6) is -1.69. The number of nitrogens with zero attached hydrogens (tertiary/aromatic N) is 3. The number of nitrogens with one attached hydrogen (secondary N) is 1. The quantitative estimate of drug-likeness (QED) is 0.647. The number of hydrogen-bond acceptors (Lipinski definition) is 5. The number of hydrogen-bond donors (Lipinski definition) is 1. The van der Waals surface area contributed by atoms with Crippen molar-refractivity contribution < 1.29 is 19.2 Å². The van der Waals surface area contributed by atoms with Crippen molar-refractivity contribution >= 4 is 35.1 Å². The first-order valence-corrected chi connectivity index (χ1v) is 8.65. The third-order valence-electron chi connectivity index (χ3n) is 4.85. The molecule has 5 amide bonds. The second-order valence-corrected chi connectivity index (χ2v) is 6.80. The molecule has 1 aromatic rings. The lowest BCUT2D eigenvalue weighted by molar-refractivity contribution is -0.143. The summed E-state index contributed by atoms with van der Waals surface area (Å²) < 4.78 is 0. The molecule has 0 aliphatic carbocycles. The Hall–Kier alpha value is -2.90. The van der Waals surface area contributed by atoms with E-state index in [-0.39, 0.29) is 0 Å². The van der Waals surface area contributed by atoms with Crippen LogP contribution in [0.5, 0.6) is 0 Å². The van der Waals surface area contributed by atoms with Gasteiger partial charge in [0.05, 0.1) is 0 Å². The number of likely N-dealkylation sites (N-methyl/N-ethyl adjacent to an activating group) is 1. The number of imide groups is 2. The molecule has 26 heavy (non-hydrogen) atoms. The van der Waals surface area contributed by atoms with Crippen LogP contribution in [0.3, 0.4) is 0 Å². The smallest absolute Gasteiger partial charge is 0.334 e. The molecule has 1 aromatic carbocycles. The van der Waals surface area contributed by atoms with Gasteiger partial charge >= 0.3 is 17.8 Å². The zero-order valence-electron chi connectivity index (χ0n) is 14.9. The summed E-state index contributed by atoms with van der Waals surface area (Å²) in [4.78, 5) is 50.7. The molecule has 1 N–H and O–H groups in total. The minimum Gasteiger partial charge on any atom is -0.372 e. The normalized spacial score (nSPS) is 18.7. The van der Waals surface area contributed by atoms with E-state index >= 15 is 0 Å². The molecule has 0 saturated carbocycles. The number of anilines is 2. The lowest BCUT2D eigenvalue weighted by Gasteiger charge is -2.32. The summed E-state index contributed by atoms with van der Waals surface area (Å²) >= 11 is 0. The van der Waals surface area contributed by atoms with Gasteiger partial charge in [-0.2, -0.15) is 0 Å². The first kappa shape index (κ1) is 17.9. The second-order valence-electron chi connectivity index (χ2n) is 6.80. The van der Waals surface area contributed by atoms with Crippen LogP contribution in [-0.4, -0.2) is 60.2 Å². The Kier molecular flexibility index (Phi) is 4.92. The lowest BCUT2D eigenvalue weighted by atomic mass is 9.99. The van der Waals surface area contributed by atoms with Crippen LogP contribution in [0.15, 0.2) is 24.3 Å². The van der Waals surface area contributed by atoms with Gasteiger partial charge in [-0.3, -0.25) is 19.3 Å². The van der Waals surface area contributed by atoms with E-state index in [2.05, 4.69) is 17.1 Å². The minimum absolute atomic E-state index is 0.487. The van der Waals surface area contributed by atoms with E-state index in [1.165, 1.54) is 19.9 Å². The molecule has 8 nitrogen and oxygen atoms in total. The molecule has 3 rings (SSSR count). The van der Waals surface area contributed by atoms with Gasteiger partial charge in [-0.25, -0.2) is 9.69 Å². The highest BCUT2D eigenvalue weighted by molar-refractivity contribution is 6.44. The molecule has 2 heterocycles. The number of piperidine rings is 1. The molecule has 0 atom stereocenters. The zero-order valence-corrected chi connectivity index (χ0v) is 14.9. The number of carbonyl (C=O) groups excluding carboxylic acids is 4. The van der Waals surface area contributed by atoms with E-state index < -0.39 is 30.3 Å². The molecule has 8 heteroatoms. The average Bonchev–Trinajstić information content (AvgIpc) is 2.81. The van der Waals surface area contributed by atoms with Gasteiger partial charge < -0.3 is 10.2 Å². The van der Waals surface area contributed by atoms with Crippen LogP contribution in [0, 0.1) is 5.92 Å². The summed E-state index contributed by atoms with van der Waals surface area (Å²) in [7, 11) is 1.21. The predicted molar refractivity (Wildman–Crippen MR) is 95.6 cm³/mol. The van der Waals surface area contributed by atoms with Crippen LogP contribution in [0.4, 0.5) is 16.2 Å². The highest BCUT2D eigenvalue weighted by atomic mass is 16.2. The molecule has 0 unspecified atom stereocenters. The van der Waals surface area contributed by atoms with Gasteiger partial charge in [0.25, 0.3) is 0 Å². The maximum Gasteiger partial charge on any atom is 0.334 e. The Balaban J connectivity index is 1.57. The maximum atomic E-state index is 12.1. The molecule has 2 fully saturated rings. The lowest BCUT2D eigenvalue weighted by Crippen LogP contribution is -2.38. The van der Waals surface area contributed by atoms with Crippen molar-refractivity contribution in [2.24, 2.45) is 5.92 Å². The van der Waals surface area contributed by atoms with E-state index in [1.54, 1.807) is 12.1 Å². The van der Waals surface area contributed by atoms with Crippen molar-refractivity contribution in [2.75, 3.05) is 36.9 Å². The minimum atomic E-state index is -0.984. The Morgan fingerprint density at radius 1 is 1.08 bits per heavy atom. The van der Waals surface area contributed by atoms with Crippen LogP contribution in [0.2, 0.25) is 0 Å². The van der Waals surface area contributed by atoms with Gasteiger partial charge in [-0.1, -0.05) is 6.92 Å². The third-order valence-corrected chi connectivity index (χ3v) is 4.85. The van der Waals surface area contributed by atoms with Gasteiger partial charge in [0.1, 0.15) is 6.54 Å². The summed E-state index contributed by atoms with van der Waals surface area (Å²) in [5, 5.41) is 2.64. The van der Waals surface area contributed by atoms with Crippen LogP contribution in [0.1, 0.15) is 19.8 Å². The fourth-order valence-corrected chi connectivity index (χ4v) is 3.12. The average molecular weight is 358 g/mol. The zero-order chi connectivity index (χ0) is 18.8. The fraction of sp³-hybridized carbons (Fsp3) is 0.444. The molecule has 138 valence electrons. The second kappa shape index (κ2) is 7.15. The van der Waals surface area contributed by atoms with Crippen molar-refractivity contribution in [2.45, 2.75) is 19.8 Å². The molecular weight excluding hydrogens is 336 g/mol. The van der Waals surface area contributed by atoms with Crippen molar-refractivity contribution in [3.05, 3.63) is 24.3 Å². The van der Waals surface area contributed by atoms with Crippen LogP contribution >= 0.6 is 0 Å². The molecule has 2 aliphatic rings. The fourth-order valence-electron chi connectivity index (χ4n) is 3.12. The van der Waals surface area contributed by atoms with Crippen molar-refractivity contribution in [1.82, 2.24) is 9.80 Å². The molecule has 0 bridgehead atoms. The largest absolute Gasteiger partial charge is 0.372 e. The van der Waals surface area contributed by atoms with Gasteiger partial charge in [-0.05, 0) is 43.0 Å². The Bertz CT molecular complexity index is 738. The number of amides is 5. The molecule has 2 aliphatic heterocycles. The monoisotopic (exact) mass is 358 g/mol. The molecule has 0 aromatic heterocycles. The van der Waals surface area contributed by atoms with Gasteiger partial charge in [-0.15, -0.1) is 0 Å². The molecule has 0 radical (unpaired) electrons. The summed E-state index contributed by atoms with van der Waals surface area (Å²) in [6.07, 6.45) is 2.34. The van der Waals surface area contributed by atoms with Crippen molar-refractivity contribution in [3.8, 4) is 0 Å². The molecule has 0 spiro atoms. The van der Waals surface area contributed by atoms with Crippen LogP contribution < -0.4 is 10.2 Å². The molecule has 2 saturated heterocycles. The highest BCUT2D eigenvalue weighted by Gasteiger charge is 2.42. The Morgan fingerprint density at radius 3 is 2.23 bits per heavy atom. The van der Waals surface area contributed by atoms with Gasteiger partial charge in [0.15, 0.2) is 0 Å². The van der Waals surface area contributed by atoms with E-state index in [1.807, 2.05) is 12.1 Å². The summed E-state index contributed by atoms with van der Waals surface area (Å²) in [6, 6.07) is 6.67. The number of rotatable bonds is 4. The summed E-state index contributed by atoms with van der Waals surface area (Å²) in [6.45, 7) is 3.82. The van der Waals surface area contributed by atoms with Crippen LogP contribution in [-0.2, 0) is 14.4 Å². The maximum absolute atomic E-state index is 12.1. The first-order chi connectivity index (χ1) is 12.4. The van der Waals surface area contributed by atoms with Gasteiger partial charge in [0.2, 0.25) is 5.91 Å². The summed E-state index contributed by atoms with van der Waals surface area (Å²) in [5.41, 5.74) is 1.68. The number of benzene rings is 1. The Morgan fingerprint density at radius 2 is 1.69 bits per heavy atom. The van der Waals surface area contributed by atoms with E-state index in [9.17, 15) is 19.2 Å². The number of carbonyl (C=O) groups is 4. The third kappa shape index (κ3) is 3.54. The Labute approximate surface area is 151 Å². The van der Waals surface area contributed by atoms with E-state index in [4.69, 9.17) is 0 Å². The van der Waals surface area contributed by atoms with Crippen molar-refractivity contribution in [1.29, 1.82) is 0 Å². The topological polar surface area (TPSA) is 90.0 Å². The van der Waals surface area contributed by atoms with Gasteiger partial charge in [0, 0.05) is 31.5 Å². The van der Waals surface area contributed by atoms with Crippen LogP contribution in [0.25, 0.3) is 0 Å².